The van der Waals surface area contributed by atoms with Crippen molar-refractivity contribution in [1.29, 1.82) is 0 Å². The van der Waals surface area contributed by atoms with Crippen molar-refractivity contribution in [2.75, 3.05) is 39.3 Å². The first-order valence-corrected chi connectivity index (χ1v) is 7.41. The highest BCUT2D eigenvalue weighted by Crippen LogP contribution is 2.23. The van der Waals surface area contributed by atoms with Gasteiger partial charge in [0.2, 0.25) is 0 Å². The molecule has 2 aliphatic rings. The Bertz CT molecular complexity index is 364. The van der Waals surface area contributed by atoms with E-state index in [1.54, 1.807) is 4.88 Å². The fraction of sp³-hybridized carbons (Fsp3) is 0.692. The summed E-state index contributed by atoms with van der Waals surface area (Å²) < 4.78 is 0. The Hall–Kier alpha value is -0.420. The van der Waals surface area contributed by atoms with E-state index in [0.717, 1.165) is 12.6 Å². The van der Waals surface area contributed by atoms with Crippen LogP contribution < -0.4 is 5.32 Å². The minimum Gasteiger partial charge on any atom is -0.314 e. The minimum atomic E-state index is 0.817. The summed E-state index contributed by atoms with van der Waals surface area (Å²) >= 11 is 1.90. The van der Waals surface area contributed by atoms with Crippen LogP contribution in [0.1, 0.15) is 10.4 Å². The van der Waals surface area contributed by atoms with Crippen molar-refractivity contribution in [2.24, 2.45) is 0 Å². The monoisotopic (exact) mass is 251 g/mol. The standard InChI is InChI=1S/C13H21N3S/c1-11-2-7-17-13(11)10-15-8-12(9-15)16-5-3-14-4-6-16/h2,7,12,14H,3-6,8-10H2,1H3. The van der Waals surface area contributed by atoms with Gasteiger partial charge in [0.1, 0.15) is 0 Å². The molecule has 17 heavy (non-hydrogen) atoms. The van der Waals surface area contributed by atoms with Crippen LogP contribution in [-0.4, -0.2) is 55.1 Å². The molecule has 0 aliphatic carbocycles. The summed E-state index contributed by atoms with van der Waals surface area (Å²) in [5, 5.41) is 5.63. The molecule has 1 aromatic heterocycles. The maximum absolute atomic E-state index is 3.42. The van der Waals surface area contributed by atoms with Gasteiger partial charge in [-0.2, -0.15) is 0 Å². The summed E-state index contributed by atoms with van der Waals surface area (Å²) in [6, 6.07) is 3.05. The van der Waals surface area contributed by atoms with Gasteiger partial charge < -0.3 is 5.32 Å². The Labute approximate surface area is 107 Å². The third kappa shape index (κ3) is 2.55. The molecule has 0 unspecified atom stereocenters. The molecule has 3 rings (SSSR count). The van der Waals surface area contributed by atoms with Gasteiger partial charge in [-0.15, -0.1) is 11.3 Å². The van der Waals surface area contributed by atoms with Gasteiger partial charge in [0.25, 0.3) is 0 Å². The molecule has 0 aromatic carbocycles. The first-order chi connectivity index (χ1) is 8.33. The molecule has 0 spiro atoms. The summed E-state index contributed by atoms with van der Waals surface area (Å²) in [6.45, 7) is 10.7. The van der Waals surface area contributed by atoms with Crippen LogP contribution in [0.5, 0.6) is 0 Å². The predicted octanol–water partition coefficient (Wildman–Crippen LogP) is 1.15. The first-order valence-electron chi connectivity index (χ1n) is 6.53. The smallest absolute Gasteiger partial charge is 0.0351 e. The number of nitrogens with zero attached hydrogens (tertiary/aromatic N) is 2. The number of aryl methyl sites for hydroxylation is 1. The van der Waals surface area contributed by atoms with Crippen molar-refractivity contribution < 1.29 is 0 Å². The SMILES string of the molecule is Cc1ccsc1CN1CC(N2CCNCC2)C1. The van der Waals surface area contributed by atoms with E-state index in [4.69, 9.17) is 0 Å². The second kappa shape index (κ2) is 5.06. The van der Waals surface area contributed by atoms with E-state index >= 15 is 0 Å². The maximum atomic E-state index is 3.42. The van der Waals surface area contributed by atoms with E-state index in [1.807, 2.05) is 11.3 Å². The van der Waals surface area contributed by atoms with Crippen LogP contribution in [0.15, 0.2) is 11.4 Å². The van der Waals surface area contributed by atoms with Crippen LogP contribution in [0.3, 0.4) is 0 Å². The third-order valence-corrected chi connectivity index (χ3v) is 4.95. The molecule has 3 heterocycles. The van der Waals surface area contributed by atoms with Crippen LogP contribution >= 0.6 is 11.3 Å². The molecule has 2 aliphatic heterocycles. The van der Waals surface area contributed by atoms with E-state index in [1.165, 1.54) is 44.8 Å². The number of rotatable bonds is 3. The number of hydrogen-bond donors (Lipinski definition) is 1. The highest BCUT2D eigenvalue weighted by atomic mass is 32.1. The molecule has 2 fully saturated rings. The predicted molar refractivity (Wildman–Crippen MR) is 72.6 cm³/mol. The topological polar surface area (TPSA) is 18.5 Å². The van der Waals surface area contributed by atoms with Gasteiger partial charge in [-0.3, -0.25) is 9.80 Å². The number of nitrogens with one attached hydrogen (secondary N) is 1. The highest BCUT2D eigenvalue weighted by Gasteiger charge is 2.32. The molecule has 2 saturated heterocycles. The lowest BCUT2D eigenvalue weighted by Crippen LogP contribution is -2.62. The lowest BCUT2D eigenvalue weighted by atomic mass is 10.1. The molecule has 0 saturated carbocycles. The van der Waals surface area contributed by atoms with Gasteiger partial charge in [0.05, 0.1) is 0 Å². The molecule has 0 atom stereocenters. The Balaban J connectivity index is 1.46. The molecular weight excluding hydrogens is 230 g/mol. The molecule has 3 nitrogen and oxygen atoms in total. The molecular formula is C13H21N3S. The van der Waals surface area contributed by atoms with Gasteiger partial charge in [0.15, 0.2) is 0 Å². The first kappa shape index (κ1) is 11.7. The number of piperazine rings is 1. The van der Waals surface area contributed by atoms with E-state index in [2.05, 4.69) is 33.5 Å². The molecule has 0 amide bonds. The fourth-order valence-corrected chi connectivity index (χ4v) is 3.67. The second-order valence-electron chi connectivity index (χ2n) is 5.16. The summed E-state index contributed by atoms with van der Waals surface area (Å²) in [4.78, 5) is 6.77. The normalized spacial score (nSPS) is 23.8. The van der Waals surface area contributed by atoms with Crippen molar-refractivity contribution in [3.63, 3.8) is 0 Å². The van der Waals surface area contributed by atoms with Gasteiger partial charge >= 0.3 is 0 Å². The van der Waals surface area contributed by atoms with E-state index in [9.17, 15) is 0 Å². The summed E-state index contributed by atoms with van der Waals surface area (Å²) in [5.74, 6) is 0. The Morgan fingerprint density at radius 1 is 1.35 bits per heavy atom. The zero-order chi connectivity index (χ0) is 11.7. The molecule has 1 N–H and O–H groups in total. The number of likely N-dealkylation sites (tertiary alicyclic amines) is 1. The van der Waals surface area contributed by atoms with Crippen molar-refractivity contribution in [1.82, 2.24) is 15.1 Å². The van der Waals surface area contributed by atoms with Crippen LogP contribution in [0.4, 0.5) is 0 Å². The van der Waals surface area contributed by atoms with Gasteiger partial charge in [0, 0.05) is 56.7 Å². The number of hydrogen-bond acceptors (Lipinski definition) is 4. The maximum Gasteiger partial charge on any atom is 0.0351 e. The van der Waals surface area contributed by atoms with Crippen molar-refractivity contribution in [3.8, 4) is 0 Å². The average molecular weight is 251 g/mol. The van der Waals surface area contributed by atoms with Crippen LogP contribution in [0.25, 0.3) is 0 Å². The van der Waals surface area contributed by atoms with E-state index in [0.29, 0.717) is 0 Å². The minimum absolute atomic E-state index is 0.817. The quantitative estimate of drug-likeness (QED) is 0.869. The van der Waals surface area contributed by atoms with Gasteiger partial charge in [-0.05, 0) is 23.9 Å². The summed E-state index contributed by atoms with van der Waals surface area (Å²) in [5.41, 5.74) is 1.46. The number of thiophene rings is 1. The molecule has 0 bridgehead atoms. The third-order valence-electron chi connectivity index (χ3n) is 3.94. The van der Waals surface area contributed by atoms with Crippen LogP contribution in [0, 0.1) is 6.92 Å². The lowest BCUT2D eigenvalue weighted by molar-refractivity contribution is 0.0228. The average Bonchev–Trinajstić information content (AvgIpc) is 2.70. The molecule has 0 radical (unpaired) electrons. The van der Waals surface area contributed by atoms with Crippen molar-refractivity contribution in [3.05, 3.63) is 21.9 Å². The van der Waals surface area contributed by atoms with Crippen molar-refractivity contribution in [2.45, 2.75) is 19.5 Å². The molecule has 94 valence electrons. The highest BCUT2D eigenvalue weighted by molar-refractivity contribution is 7.10. The molecule has 1 aromatic rings. The fourth-order valence-electron chi connectivity index (χ4n) is 2.72. The van der Waals surface area contributed by atoms with E-state index < -0.39 is 0 Å². The Kier molecular flexibility index (Phi) is 3.47. The van der Waals surface area contributed by atoms with Crippen LogP contribution in [0.2, 0.25) is 0 Å². The van der Waals surface area contributed by atoms with E-state index in [-0.39, 0.29) is 0 Å². The Morgan fingerprint density at radius 3 is 2.76 bits per heavy atom. The van der Waals surface area contributed by atoms with Gasteiger partial charge in [-0.1, -0.05) is 0 Å². The summed E-state index contributed by atoms with van der Waals surface area (Å²) in [6.07, 6.45) is 0. The lowest BCUT2D eigenvalue weighted by Gasteiger charge is -2.46. The van der Waals surface area contributed by atoms with Gasteiger partial charge in [-0.25, -0.2) is 0 Å². The zero-order valence-corrected chi connectivity index (χ0v) is 11.3. The van der Waals surface area contributed by atoms with Crippen molar-refractivity contribution >= 4 is 11.3 Å². The second-order valence-corrected chi connectivity index (χ2v) is 6.16. The Morgan fingerprint density at radius 2 is 2.12 bits per heavy atom. The van der Waals surface area contributed by atoms with Crippen LogP contribution in [-0.2, 0) is 6.54 Å². The molecule has 4 heteroatoms. The summed E-state index contributed by atoms with van der Waals surface area (Å²) in [7, 11) is 0. The zero-order valence-electron chi connectivity index (χ0n) is 10.5. The largest absolute Gasteiger partial charge is 0.314 e.